The molecule has 0 spiro atoms. The molecule has 174 valence electrons. The van der Waals surface area contributed by atoms with Gasteiger partial charge in [-0.25, -0.2) is 0 Å². The van der Waals surface area contributed by atoms with E-state index < -0.39 is 0 Å². The molecule has 0 bridgehead atoms. The summed E-state index contributed by atoms with van der Waals surface area (Å²) in [7, 11) is 1.60. The van der Waals surface area contributed by atoms with Gasteiger partial charge in [-0.05, 0) is 78.6 Å². The summed E-state index contributed by atoms with van der Waals surface area (Å²) in [6.45, 7) is 3.38. The summed E-state index contributed by atoms with van der Waals surface area (Å²) < 4.78 is 10.8. The van der Waals surface area contributed by atoms with Crippen LogP contribution in [0.25, 0.3) is 10.9 Å². The lowest BCUT2D eigenvalue weighted by Crippen LogP contribution is -2.35. The van der Waals surface area contributed by atoms with Gasteiger partial charge in [0.05, 0.1) is 25.8 Å². The standard InChI is InChI=1S/C26H26N4O3S/c1-3-33-22-10-7-21(8-11-22)28-26(34)30(16-18-5-4-12-27-15-18)17-20-13-19-6-9-23(32-2)14-24(19)29-25(20)31/h4-15H,3,16-17H2,1-2H3,(H,28,34)(H,29,31). The molecule has 0 aliphatic rings. The average Bonchev–Trinajstić information content (AvgIpc) is 2.85. The zero-order valence-corrected chi connectivity index (χ0v) is 19.9. The number of hydrogen-bond donors (Lipinski definition) is 2. The minimum absolute atomic E-state index is 0.166. The van der Waals surface area contributed by atoms with Crippen molar-refractivity contribution in [2.24, 2.45) is 0 Å². The predicted octanol–water partition coefficient (Wildman–Crippen LogP) is 4.73. The molecule has 0 unspecified atom stereocenters. The van der Waals surface area contributed by atoms with Crippen LogP contribution in [0.5, 0.6) is 11.5 Å². The molecule has 2 aromatic heterocycles. The third-order valence-corrected chi connectivity index (χ3v) is 5.65. The number of hydrogen-bond acceptors (Lipinski definition) is 5. The summed E-state index contributed by atoms with van der Waals surface area (Å²) in [4.78, 5) is 22.0. The smallest absolute Gasteiger partial charge is 0.253 e. The van der Waals surface area contributed by atoms with Gasteiger partial charge in [0.15, 0.2) is 5.11 Å². The molecule has 7 nitrogen and oxygen atoms in total. The van der Waals surface area contributed by atoms with E-state index in [4.69, 9.17) is 21.7 Å². The first-order chi connectivity index (χ1) is 16.6. The Morgan fingerprint density at radius 3 is 2.59 bits per heavy atom. The fourth-order valence-electron chi connectivity index (χ4n) is 3.59. The number of nitrogens with one attached hydrogen (secondary N) is 2. The van der Waals surface area contributed by atoms with Crippen LogP contribution in [-0.4, -0.2) is 33.7 Å². The minimum Gasteiger partial charge on any atom is -0.497 e. The van der Waals surface area contributed by atoms with E-state index in [2.05, 4.69) is 15.3 Å². The van der Waals surface area contributed by atoms with Gasteiger partial charge in [0, 0.05) is 36.3 Å². The number of thiocarbonyl (C=S) groups is 1. The van der Waals surface area contributed by atoms with Crippen molar-refractivity contribution in [2.75, 3.05) is 19.0 Å². The van der Waals surface area contributed by atoms with E-state index in [0.29, 0.717) is 36.1 Å². The van der Waals surface area contributed by atoms with Gasteiger partial charge in [-0.1, -0.05) is 6.07 Å². The molecule has 0 fully saturated rings. The van der Waals surface area contributed by atoms with E-state index in [0.717, 1.165) is 27.9 Å². The molecule has 2 aromatic carbocycles. The summed E-state index contributed by atoms with van der Waals surface area (Å²) in [6.07, 6.45) is 3.52. The third kappa shape index (κ3) is 5.71. The molecule has 8 heteroatoms. The van der Waals surface area contributed by atoms with Crippen molar-refractivity contribution in [3.05, 3.63) is 94.5 Å². The average molecular weight is 475 g/mol. The van der Waals surface area contributed by atoms with Crippen molar-refractivity contribution in [1.82, 2.24) is 14.9 Å². The molecular formula is C26H26N4O3S. The normalized spacial score (nSPS) is 10.6. The molecule has 4 aromatic rings. The Morgan fingerprint density at radius 2 is 1.88 bits per heavy atom. The number of pyridine rings is 2. The van der Waals surface area contributed by atoms with Gasteiger partial charge < -0.3 is 24.7 Å². The monoisotopic (exact) mass is 474 g/mol. The number of nitrogens with zero attached hydrogens (tertiary/aromatic N) is 2. The summed E-state index contributed by atoms with van der Waals surface area (Å²) in [6, 6.07) is 19.0. The first-order valence-electron chi connectivity index (χ1n) is 10.9. The van der Waals surface area contributed by atoms with Gasteiger partial charge in [0.25, 0.3) is 5.56 Å². The number of benzene rings is 2. The number of fused-ring (bicyclic) bond motifs is 1. The zero-order valence-electron chi connectivity index (χ0n) is 19.1. The number of anilines is 1. The number of H-pyrrole nitrogens is 1. The number of rotatable bonds is 8. The van der Waals surface area contributed by atoms with E-state index in [-0.39, 0.29) is 5.56 Å². The lowest BCUT2D eigenvalue weighted by atomic mass is 10.1. The summed E-state index contributed by atoms with van der Waals surface area (Å²) >= 11 is 5.75. The van der Waals surface area contributed by atoms with Gasteiger partial charge in [0.2, 0.25) is 0 Å². The van der Waals surface area contributed by atoms with Gasteiger partial charge in [-0.3, -0.25) is 9.78 Å². The molecule has 4 rings (SSSR count). The second-order valence-electron chi connectivity index (χ2n) is 7.68. The molecule has 0 saturated heterocycles. The highest BCUT2D eigenvalue weighted by molar-refractivity contribution is 7.80. The molecule has 0 saturated carbocycles. The Labute approximate surface area is 203 Å². The highest BCUT2D eigenvalue weighted by Gasteiger charge is 2.15. The molecule has 0 atom stereocenters. The van der Waals surface area contributed by atoms with Crippen molar-refractivity contribution < 1.29 is 9.47 Å². The van der Waals surface area contributed by atoms with Crippen LogP contribution >= 0.6 is 12.2 Å². The first kappa shape index (κ1) is 23.3. The maximum atomic E-state index is 12.9. The van der Waals surface area contributed by atoms with E-state index >= 15 is 0 Å². The second-order valence-corrected chi connectivity index (χ2v) is 8.07. The number of aromatic nitrogens is 2. The number of aromatic amines is 1. The number of ether oxygens (including phenoxy) is 2. The zero-order chi connectivity index (χ0) is 23.9. The van der Waals surface area contributed by atoms with E-state index in [9.17, 15) is 4.79 Å². The first-order valence-corrected chi connectivity index (χ1v) is 11.3. The topological polar surface area (TPSA) is 79.5 Å². The Morgan fingerprint density at radius 1 is 1.09 bits per heavy atom. The molecule has 0 aliphatic carbocycles. The quantitative estimate of drug-likeness (QED) is 0.358. The van der Waals surface area contributed by atoms with Crippen molar-refractivity contribution >= 4 is 33.9 Å². The maximum Gasteiger partial charge on any atom is 0.253 e. The van der Waals surface area contributed by atoms with Crippen LogP contribution in [0.1, 0.15) is 18.1 Å². The molecule has 0 radical (unpaired) electrons. The summed E-state index contributed by atoms with van der Waals surface area (Å²) in [5, 5.41) is 4.70. The Hall–Kier alpha value is -3.91. The highest BCUT2D eigenvalue weighted by Crippen LogP contribution is 2.20. The fraction of sp³-hybridized carbons (Fsp3) is 0.192. The van der Waals surface area contributed by atoms with Crippen LogP contribution in [0.4, 0.5) is 5.69 Å². The van der Waals surface area contributed by atoms with Crippen LogP contribution in [0.3, 0.4) is 0 Å². The second kappa shape index (κ2) is 10.8. The van der Waals surface area contributed by atoms with Gasteiger partial charge in [-0.15, -0.1) is 0 Å². The van der Waals surface area contributed by atoms with Crippen LogP contribution < -0.4 is 20.3 Å². The Bertz CT molecular complexity index is 1320. The minimum atomic E-state index is -0.166. The van der Waals surface area contributed by atoms with Crippen LogP contribution in [0.2, 0.25) is 0 Å². The molecule has 0 amide bonds. The molecule has 2 N–H and O–H groups in total. The predicted molar refractivity (Wildman–Crippen MR) is 138 cm³/mol. The lowest BCUT2D eigenvalue weighted by molar-refractivity contribution is 0.340. The van der Waals surface area contributed by atoms with Crippen LogP contribution in [0, 0.1) is 0 Å². The van der Waals surface area contributed by atoms with Crippen molar-refractivity contribution in [3.63, 3.8) is 0 Å². The van der Waals surface area contributed by atoms with E-state index in [1.807, 2.05) is 72.5 Å². The SMILES string of the molecule is CCOc1ccc(NC(=S)N(Cc2cccnc2)Cc2cc3ccc(OC)cc3[nH]c2=O)cc1. The fourth-order valence-corrected chi connectivity index (χ4v) is 3.84. The van der Waals surface area contributed by atoms with E-state index in [1.54, 1.807) is 19.5 Å². The molecule has 0 aliphatic heterocycles. The molecular weight excluding hydrogens is 448 g/mol. The number of methoxy groups -OCH3 is 1. The lowest BCUT2D eigenvalue weighted by Gasteiger charge is -2.26. The maximum absolute atomic E-state index is 12.9. The van der Waals surface area contributed by atoms with Gasteiger partial charge in [-0.2, -0.15) is 0 Å². The summed E-state index contributed by atoms with van der Waals surface area (Å²) in [5.74, 6) is 1.49. The van der Waals surface area contributed by atoms with Gasteiger partial charge in [0.1, 0.15) is 11.5 Å². The third-order valence-electron chi connectivity index (χ3n) is 5.29. The molecule has 2 heterocycles. The van der Waals surface area contributed by atoms with Gasteiger partial charge >= 0.3 is 0 Å². The summed E-state index contributed by atoms with van der Waals surface area (Å²) in [5.41, 5.74) is 2.99. The largest absolute Gasteiger partial charge is 0.497 e. The van der Waals surface area contributed by atoms with E-state index in [1.165, 1.54) is 0 Å². The Balaban J connectivity index is 1.60. The highest BCUT2D eigenvalue weighted by atomic mass is 32.1. The van der Waals surface area contributed by atoms with Crippen molar-refractivity contribution in [3.8, 4) is 11.5 Å². The Kier molecular flexibility index (Phi) is 7.39. The van der Waals surface area contributed by atoms with Crippen molar-refractivity contribution in [2.45, 2.75) is 20.0 Å². The van der Waals surface area contributed by atoms with Crippen LogP contribution in [-0.2, 0) is 13.1 Å². The van der Waals surface area contributed by atoms with Crippen molar-refractivity contribution in [1.29, 1.82) is 0 Å². The van der Waals surface area contributed by atoms with Crippen LogP contribution in [0.15, 0.2) is 77.9 Å². The molecule has 34 heavy (non-hydrogen) atoms.